The largest absolute Gasteiger partial charge is 0.417 e. The third kappa shape index (κ3) is 2.77. The highest BCUT2D eigenvalue weighted by Crippen LogP contribution is 2.42. The third-order valence-electron chi connectivity index (χ3n) is 2.79. The zero-order chi connectivity index (χ0) is 14.9. The van der Waals surface area contributed by atoms with Crippen LogP contribution in [0.1, 0.15) is 17.6 Å². The number of hydrogen-bond donors (Lipinski definition) is 0. The van der Waals surface area contributed by atoms with Crippen molar-refractivity contribution in [3.63, 3.8) is 0 Å². The highest BCUT2D eigenvalue weighted by molar-refractivity contribution is 6.31. The topological polar surface area (TPSA) is 0 Å². The molecule has 2 aromatic rings. The summed E-state index contributed by atoms with van der Waals surface area (Å²) in [6.07, 6.45) is -7.59. The summed E-state index contributed by atoms with van der Waals surface area (Å²) < 4.78 is 64.9. The zero-order valence-corrected chi connectivity index (χ0v) is 10.6. The van der Waals surface area contributed by atoms with Crippen LogP contribution in [0.5, 0.6) is 0 Å². The van der Waals surface area contributed by atoms with Crippen molar-refractivity contribution in [3.05, 3.63) is 58.6 Å². The maximum absolute atomic E-state index is 13.0. The fourth-order valence-corrected chi connectivity index (χ4v) is 2.22. The van der Waals surface area contributed by atoms with E-state index in [1.54, 1.807) is 0 Å². The molecule has 0 N–H and O–H groups in total. The molecule has 0 aliphatic rings. The molecule has 0 bridgehead atoms. The van der Waals surface area contributed by atoms with Gasteiger partial charge in [0.1, 0.15) is 0 Å². The number of benzene rings is 2. The predicted octanol–water partition coefficient (Wildman–Crippen LogP) is 5.96. The van der Waals surface area contributed by atoms with Crippen molar-refractivity contribution in [3.8, 4) is 11.1 Å². The van der Waals surface area contributed by atoms with Gasteiger partial charge in [-0.3, -0.25) is 0 Å². The van der Waals surface area contributed by atoms with Gasteiger partial charge >= 0.3 is 6.18 Å². The SMILES string of the molecule is FC(F)c1c(Cl)cccc1-c1ccccc1C(F)(F)F. The Labute approximate surface area is 116 Å². The van der Waals surface area contributed by atoms with Crippen LogP contribution in [-0.2, 0) is 6.18 Å². The molecule has 0 aliphatic heterocycles. The lowest BCUT2D eigenvalue weighted by molar-refractivity contribution is -0.137. The van der Waals surface area contributed by atoms with E-state index in [1.807, 2.05) is 0 Å². The molecule has 0 fully saturated rings. The van der Waals surface area contributed by atoms with Crippen LogP contribution in [0.3, 0.4) is 0 Å². The normalized spacial score (nSPS) is 11.9. The van der Waals surface area contributed by atoms with Crippen molar-refractivity contribution in [2.24, 2.45) is 0 Å². The Morgan fingerprint density at radius 1 is 0.850 bits per heavy atom. The average molecular weight is 307 g/mol. The van der Waals surface area contributed by atoms with E-state index in [2.05, 4.69) is 0 Å². The van der Waals surface area contributed by atoms with Gasteiger partial charge in [-0.2, -0.15) is 13.2 Å². The van der Waals surface area contributed by atoms with E-state index in [1.165, 1.54) is 30.3 Å². The standard InChI is InChI=1S/C14H8ClF5/c15-11-7-3-5-9(12(11)13(16)17)8-4-1-2-6-10(8)14(18,19)20/h1-7,13H. The molecule has 0 spiro atoms. The molecule has 2 aromatic carbocycles. The van der Waals surface area contributed by atoms with Crippen LogP contribution >= 0.6 is 11.6 Å². The Bertz CT molecular complexity index is 619. The van der Waals surface area contributed by atoms with Crippen molar-refractivity contribution >= 4 is 11.6 Å². The van der Waals surface area contributed by atoms with E-state index >= 15 is 0 Å². The van der Waals surface area contributed by atoms with E-state index in [0.29, 0.717) is 0 Å². The van der Waals surface area contributed by atoms with Crippen LogP contribution in [0.25, 0.3) is 11.1 Å². The van der Waals surface area contributed by atoms with E-state index in [0.717, 1.165) is 12.1 Å². The van der Waals surface area contributed by atoms with Crippen LogP contribution in [0.2, 0.25) is 5.02 Å². The smallest absolute Gasteiger partial charge is 0.205 e. The number of hydrogen-bond acceptors (Lipinski definition) is 0. The summed E-state index contributed by atoms with van der Waals surface area (Å²) >= 11 is 5.68. The molecule has 0 nitrogen and oxygen atoms in total. The average Bonchev–Trinajstić information content (AvgIpc) is 2.37. The van der Waals surface area contributed by atoms with Crippen LogP contribution in [0.4, 0.5) is 22.0 Å². The lowest BCUT2D eigenvalue weighted by Gasteiger charge is -2.16. The highest BCUT2D eigenvalue weighted by atomic mass is 35.5. The van der Waals surface area contributed by atoms with Gasteiger partial charge in [-0.05, 0) is 23.3 Å². The second-order valence-corrected chi connectivity index (χ2v) is 4.45. The van der Waals surface area contributed by atoms with Gasteiger partial charge in [0.2, 0.25) is 0 Å². The molecular formula is C14H8ClF5. The summed E-state index contributed by atoms with van der Waals surface area (Å²) in [6, 6.07) is 8.35. The quantitative estimate of drug-likeness (QED) is 0.600. The monoisotopic (exact) mass is 306 g/mol. The first-order valence-corrected chi connectivity index (χ1v) is 5.93. The van der Waals surface area contributed by atoms with Crippen LogP contribution in [0.15, 0.2) is 42.5 Å². The Morgan fingerprint density at radius 3 is 2.05 bits per heavy atom. The van der Waals surface area contributed by atoms with Gasteiger partial charge in [-0.25, -0.2) is 8.78 Å². The molecule has 0 unspecified atom stereocenters. The molecule has 0 aromatic heterocycles. The molecule has 2 rings (SSSR count). The number of halogens is 6. The molecule has 0 amide bonds. The Morgan fingerprint density at radius 2 is 1.45 bits per heavy atom. The summed E-state index contributed by atoms with van der Waals surface area (Å²) in [7, 11) is 0. The fraction of sp³-hybridized carbons (Fsp3) is 0.143. The van der Waals surface area contributed by atoms with E-state index in [4.69, 9.17) is 11.6 Å². The van der Waals surface area contributed by atoms with Crippen molar-refractivity contribution in [2.75, 3.05) is 0 Å². The van der Waals surface area contributed by atoms with Gasteiger partial charge in [-0.1, -0.05) is 41.9 Å². The highest BCUT2D eigenvalue weighted by Gasteiger charge is 2.34. The Balaban J connectivity index is 2.73. The van der Waals surface area contributed by atoms with Crippen molar-refractivity contribution < 1.29 is 22.0 Å². The van der Waals surface area contributed by atoms with E-state index in [9.17, 15) is 22.0 Å². The van der Waals surface area contributed by atoms with Gasteiger partial charge < -0.3 is 0 Å². The van der Waals surface area contributed by atoms with E-state index < -0.39 is 23.7 Å². The van der Waals surface area contributed by atoms with Gasteiger partial charge in [0.15, 0.2) is 0 Å². The van der Waals surface area contributed by atoms with Crippen molar-refractivity contribution in [2.45, 2.75) is 12.6 Å². The molecule has 0 saturated heterocycles. The van der Waals surface area contributed by atoms with Crippen molar-refractivity contribution in [1.82, 2.24) is 0 Å². The summed E-state index contributed by atoms with van der Waals surface area (Å²) in [5.41, 5.74) is -2.08. The van der Waals surface area contributed by atoms with Gasteiger partial charge in [0.25, 0.3) is 6.43 Å². The minimum Gasteiger partial charge on any atom is -0.205 e. The van der Waals surface area contributed by atoms with Gasteiger partial charge in [0, 0.05) is 5.56 Å². The molecule has 106 valence electrons. The molecule has 0 radical (unpaired) electrons. The molecule has 0 saturated carbocycles. The summed E-state index contributed by atoms with van der Waals surface area (Å²) in [6.45, 7) is 0. The maximum atomic E-state index is 13.0. The molecule has 6 heteroatoms. The van der Waals surface area contributed by atoms with Crippen molar-refractivity contribution in [1.29, 1.82) is 0 Å². The number of alkyl halides is 5. The lowest BCUT2D eigenvalue weighted by atomic mass is 9.95. The first kappa shape index (κ1) is 14.8. The molecule has 0 aliphatic carbocycles. The second kappa shape index (κ2) is 5.40. The Kier molecular flexibility index (Phi) is 3.99. The first-order valence-electron chi connectivity index (χ1n) is 5.55. The minimum absolute atomic E-state index is 0.208. The van der Waals surface area contributed by atoms with Crippen LogP contribution in [-0.4, -0.2) is 0 Å². The van der Waals surface area contributed by atoms with Crippen LogP contribution < -0.4 is 0 Å². The first-order chi connectivity index (χ1) is 9.32. The second-order valence-electron chi connectivity index (χ2n) is 4.05. The summed E-state index contributed by atoms with van der Waals surface area (Å²) in [5.74, 6) is 0. The summed E-state index contributed by atoms with van der Waals surface area (Å²) in [5, 5.41) is -0.255. The van der Waals surface area contributed by atoms with E-state index in [-0.39, 0.29) is 16.1 Å². The fourth-order valence-electron chi connectivity index (χ4n) is 1.96. The number of rotatable bonds is 2. The lowest BCUT2D eigenvalue weighted by Crippen LogP contribution is -2.07. The van der Waals surface area contributed by atoms with Crippen LogP contribution in [0, 0.1) is 0 Å². The zero-order valence-electron chi connectivity index (χ0n) is 9.89. The Hall–Kier alpha value is -1.62. The van der Waals surface area contributed by atoms with Gasteiger partial charge in [-0.15, -0.1) is 0 Å². The minimum atomic E-state index is -4.63. The third-order valence-corrected chi connectivity index (χ3v) is 3.12. The predicted molar refractivity (Wildman–Crippen MR) is 66.8 cm³/mol. The maximum Gasteiger partial charge on any atom is 0.417 e. The molecule has 20 heavy (non-hydrogen) atoms. The molecule has 0 atom stereocenters. The van der Waals surface area contributed by atoms with Gasteiger partial charge in [0.05, 0.1) is 10.6 Å². The molecule has 0 heterocycles. The summed E-state index contributed by atoms with van der Waals surface area (Å²) in [4.78, 5) is 0. The molecular weight excluding hydrogens is 299 g/mol.